The van der Waals surface area contributed by atoms with Crippen molar-refractivity contribution in [1.82, 2.24) is 34.0 Å². The van der Waals surface area contributed by atoms with Crippen LogP contribution in [-0.4, -0.2) is 67.3 Å². The van der Waals surface area contributed by atoms with E-state index in [0.717, 1.165) is 61.1 Å². The van der Waals surface area contributed by atoms with Gasteiger partial charge in [0.05, 0.1) is 37.6 Å². The van der Waals surface area contributed by atoms with Gasteiger partial charge in [0, 0.05) is 57.1 Å². The average Bonchev–Trinajstić information content (AvgIpc) is 3.59. The van der Waals surface area contributed by atoms with Crippen LogP contribution in [0.3, 0.4) is 0 Å². The number of nitrogens with zero attached hydrogens (tertiary/aromatic N) is 9. The lowest BCUT2D eigenvalue weighted by Gasteiger charge is -2.35. The topological polar surface area (TPSA) is 100 Å². The number of hydrogen-bond acceptors (Lipinski definition) is 8. The Labute approximate surface area is 220 Å². The number of imidazole rings is 1. The maximum atomic E-state index is 9.67. The van der Waals surface area contributed by atoms with Crippen molar-refractivity contribution in [2.24, 2.45) is 7.05 Å². The number of rotatable bonds is 6. The fraction of sp³-hybridized carbons (Fsp3) is 0.250. The molecular formula is C28H27N9O. The van der Waals surface area contributed by atoms with Gasteiger partial charge in [-0.1, -0.05) is 18.2 Å². The van der Waals surface area contributed by atoms with Gasteiger partial charge in [0.25, 0.3) is 0 Å². The van der Waals surface area contributed by atoms with Gasteiger partial charge in [0.1, 0.15) is 34.7 Å². The highest BCUT2D eigenvalue weighted by molar-refractivity contribution is 5.74. The number of para-hydroxylation sites is 1. The Bertz CT molecular complexity index is 1620. The van der Waals surface area contributed by atoms with E-state index in [1.807, 2.05) is 54.3 Å². The van der Waals surface area contributed by atoms with Gasteiger partial charge < -0.3 is 9.64 Å². The van der Waals surface area contributed by atoms with Crippen molar-refractivity contribution < 1.29 is 4.74 Å². The van der Waals surface area contributed by atoms with E-state index in [1.165, 1.54) is 5.56 Å². The lowest BCUT2D eigenvalue weighted by atomic mass is 10.1. The van der Waals surface area contributed by atoms with Gasteiger partial charge >= 0.3 is 0 Å². The number of methoxy groups -OCH3 is 1. The molecule has 0 N–H and O–H groups in total. The molecule has 0 bridgehead atoms. The number of hydrogen-bond donors (Lipinski definition) is 0. The number of aromatic nitrogens is 6. The van der Waals surface area contributed by atoms with Crippen LogP contribution in [-0.2, 0) is 13.6 Å². The third-order valence-electron chi connectivity index (χ3n) is 6.94. The van der Waals surface area contributed by atoms with E-state index in [0.29, 0.717) is 17.0 Å². The molecule has 5 aromatic rings. The first kappa shape index (κ1) is 23.6. The van der Waals surface area contributed by atoms with Crippen molar-refractivity contribution in [3.63, 3.8) is 0 Å². The molecule has 0 saturated carbocycles. The van der Waals surface area contributed by atoms with E-state index >= 15 is 0 Å². The van der Waals surface area contributed by atoms with Crippen molar-refractivity contribution in [3.05, 3.63) is 78.6 Å². The van der Waals surface area contributed by atoms with Crippen LogP contribution in [0.2, 0.25) is 0 Å². The molecule has 1 fully saturated rings. The lowest BCUT2D eigenvalue weighted by molar-refractivity contribution is 0.245. The van der Waals surface area contributed by atoms with Gasteiger partial charge in [0.15, 0.2) is 0 Å². The largest absolute Gasteiger partial charge is 0.496 e. The Morgan fingerprint density at radius 1 is 0.947 bits per heavy atom. The highest BCUT2D eigenvalue weighted by Crippen LogP contribution is 2.29. The van der Waals surface area contributed by atoms with Crippen LogP contribution in [0, 0.1) is 11.3 Å². The summed E-state index contributed by atoms with van der Waals surface area (Å²) >= 11 is 0. The molecule has 0 unspecified atom stereocenters. The number of benzene rings is 1. The second kappa shape index (κ2) is 9.95. The summed E-state index contributed by atoms with van der Waals surface area (Å²) in [7, 11) is 3.60. The maximum Gasteiger partial charge on any atom is 0.147 e. The fourth-order valence-electron chi connectivity index (χ4n) is 4.94. The van der Waals surface area contributed by atoms with Crippen molar-refractivity contribution in [2.75, 3.05) is 38.2 Å². The molecule has 1 aromatic carbocycles. The molecule has 0 atom stereocenters. The van der Waals surface area contributed by atoms with Crippen LogP contribution >= 0.6 is 0 Å². The van der Waals surface area contributed by atoms with Crippen LogP contribution in [0.1, 0.15) is 11.3 Å². The first-order valence-electron chi connectivity index (χ1n) is 12.4. The molecule has 0 amide bonds. The van der Waals surface area contributed by atoms with E-state index in [9.17, 15) is 5.26 Å². The number of nitriles is 1. The normalized spacial score (nSPS) is 14.1. The van der Waals surface area contributed by atoms with E-state index in [1.54, 1.807) is 24.2 Å². The Morgan fingerprint density at radius 3 is 2.50 bits per heavy atom. The van der Waals surface area contributed by atoms with Gasteiger partial charge in [0.2, 0.25) is 0 Å². The third-order valence-corrected chi connectivity index (χ3v) is 6.94. The summed E-state index contributed by atoms with van der Waals surface area (Å²) < 4.78 is 9.09. The molecule has 0 aliphatic carbocycles. The van der Waals surface area contributed by atoms with Gasteiger partial charge in [-0.15, -0.1) is 0 Å². The quantitative estimate of drug-likeness (QED) is 0.346. The average molecular weight is 506 g/mol. The van der Waals surface area contributed by atoms with E-state index in [4.69, 9.17) is 14.7 Å². The zero-order valence-corrected chi connectivity index (χ0v) is 21.3. The summed E-state index contributed by atoms with van der Waals surface area (Å²) in [4.78, 5) is 18.7. The van der Waals surface area contributed by atoms with Crippen LogP contribution in [0.5, 0.6) is 5.75 Å². The summed E-state index contributed by atoms with van der Waals surface area (Å²) in [6.07, 6.45) is 8.94. The summed E-state index contributed by atoms with van der Waals surface area (Å²) in [5.74, 6) is 1.77. The third kappa shape index (κ3) is 4.44. The second-order valence-corrected chi connectivity index (χ2v) is 9.32. The van der Waals surface area contributed by atoms with Crippen molar-refractivity contribution in [3.8, 4) is 34.3 Å². The highest BCUT2D eigenvalue weighted by atomic mass is 16.5. The zero-order valence-electron chi connectivity index (χ0n) is 21.3. The monoisotopic (exact) mass is 505 g/mol. The first-order valence-corrected chi connectivity index (χ1v) is 12.4. The van der Waals surface area contributed by atoms with Crippen LogP contribution in [0.15, 0.2) is 67.4 Å². The molecule has 190 valence electrons. The molecule has 38 heavy (non-hydrogen) atoms. The van der Waals surface area contributed by atoms with Gasteiger partial charge in [-0.3, -0.25) is 14.0 Å². The minimum Gasteiger partial charge on any atom is -0.496 e. The standard InChI is InChI=1S/C28H27N9O/c1-34-18-22(14-33-34)21-11-25(37-23(13-29)15-31-27(37)12-21)24-16-32-28(17-30-24)36-9-7-35(8-10-36)19-20-5-3-4-6-26(20)38-2/h3-6,11-12,14-18H,7-10,19H2,1-2H3. The molecular weight excluding hydrogens is 478 g/mol. The maximum absolute atomic E-state index is 9.67. The second-order valence-electron chi connectivity index (χ2n) is 9.32. The van der Waals surface area contributed by atoms with E-state index < -0.39 is 0 Å². The molecule has 5 heterocycles. The predicted octanol–water partition coefficient (Wildman–Crippen LogP) is 3.39. The number of pyridine rings is 1. The smallest absolute Gasteiger partial charge is 0.147 e. The van der Waals surface area contributed by atoms with Gasteiger partial charge in [-0.05, 0) is 23.8 Å². The van der Waals surface area contributed by atoms with Crippen molar-refractivity contribution in [2.45, 2.75) is 6.54 Å². The molecule has 1 saturated heterocycles. The number of aryl methyl sites for hydroxylation is 1. The minimum absolute atomic E-state index is 0.449. The molecule has 6 rings (SSSR count). The fourth-order valence-corrected chi connectivity index (χ4v) is 4.94. The molecule has 0 radical (unpaired) electrons. The molecule has 1 aliphatic heterocycles. The molecule has 4 aromatic heterocycles. The van der Waals surface area contributed by atoms with Crippen LogP contribution in [0.4, 0.5) is 5.82 Å². The molecule has 10 nitrogen and oxygen atoms in total. The Kier molecular flexibility index (Phi) is 6.19. The summed E-state index contributed by atoms with van der Waals surface area (Å²) in [6.45, 7) is 4.44. The predicted molar refractivity (Wildman–Crippen MR) is 144 cm³/mol. The Hall–Kier alpha value is -4.75. The molecule has 0 spiro atoms. The van der Waals surface area contributed by atoms with Gasteiger partial charge in [-0.2, -0.15) is 10.4 Å². The minimum atomic E-state index is 0.449. The Balaban J connectivity index is 1.23. The number of ether oxygens (including phenoxy) is 1. The Morgan fingerprint density at radius 2 is 1.79 bits per heavy atom. The van der Waals surface area contributed by atoms with Gasteiger partial charge in [-0.25, -0.2) is 15.0 Å². The summed E-state index contributed by atoms with van der Waals surface area (Å²) in [6, 6.07) is 14.4. The van der Waals surface area contributed by atoms with Crippen molar-refractivity contribution in [1.29, 1.82) is 5.26 Å². The summed E-state index contributed by atoms with van der Waals surface area (Å²) in [5.41, 5.74) is 5.68. The van der Waals surface area contributed by atoms with Crippen LogP contribution < -0.4 is 9.64 Å². The molecule has 1 aliphatic rings. The highest BCUT2D eigenvalue weighted by Gasteiger charge is 2.20. The number of anilines is 1. The molecule has 10 heteroatoms. The number of piperazine rings is 1. The van der Waals surface area contributed by atoms with Crippen molar-refractivity contribution >= 4 is 11.5 Å². The summed E-state index contributed by atoms with van der Waals surface area (Å²) in [5, 5.41) is 14.0. The lowest BCUT2D eigenvalue weighted by Crippen LogP contribution is -2.46. The SMILES string of the molecule is COc1ccccc1CN1CCN(c2cnc(-c3cc(-c4cnn(C)c4)cc4ncc(C#N)n34)cn2)CC1. The van der Waals surface area contributed by atoms with Crippen LogP contribution in [0.25, 0.3) is 28.2 Å². The number of fused-ring (bicyclic) bond motifs is 1. The van der Waals surface area contributed by atoms with E-state index in [-0.39, 0.29) is 0 Å². The zero-order chi connectivity index (χ0) is 26.1. The van der Waals surface area contributed by atoms with E-state index in [2.05, 4.69) is 38.1 Å². The first-order chi connectivity index (χ1) is 18.6.